The average Bonchev–Trinajstić information content (AvgIpc) is 2.56. The summed E-state index contributed by atoms with van der Waals surface area (Å²) in [6, 6.07) is 3.79. The Morgan fingerprint density at radius 1 is 1.24 bits per heavy atom. The van der Waals surface area contributed by atoms with Gasteiger partial charge in [0, 0.05) is 10.9 Å². The molecule has 2 rings (SSSR count). The summed E-state index contributed by atoms with van der Waals surface area (Å²) in [6.45, 7) is 5.19. The first-order valence-corrected chi connectivity index (χ1v) is 5.29. The predicted octanol–water partition coefficient (Wildman–Crippen LogP) is 2.69. The van der Waals surface area contributed by atoms with E-state index in [-0.39, 0.29) is 17.0 Å². The summed E-state index contributed by atoms with van der Waals surface area (Å²) in [5, 5.41) is 9.80. The van der Waals surface area contributed by atoms with E-state index in [0.717, 1.165) is 11.1 Å². The van der Waals surface area contributed by atoms with E-state index in [1.54, 1.807) is 0 Å². The summed E-state index contributed by atoms with van der Waals surface area (Å²) in [7, 11) is 0. The van der Waals surface area contributed by atoms with Crippen molar-refractivity contribution in [3.05, 3.63) is 34.5 Å². The van der Waals surface area contributed by atoms with Crippen LogP contribution in [0.3, 0.4) is 0 Å². The molecule has 1 aromatic heterocycles. The fourth-order valence-corrected chi connectivity index (χ4v) is 2.23. The Labute approximate surface area is 98.3 Å². The lowest BCUT2D eigenvalue weighted by molar-refractivity contribution is 0.0687. The smallest absolute Gasteiger partial charge is 0.353 e. The number of Topliss-reactive ketones (excluding diaryl/α,β-unsaturated/α-hetero) is 1. The number of aromatic nitrogens is 1. The maximum atomic E-state index is 11.6. The fourth-order valence-electron chi connectivity index (χ4n) is 2.23. The molecule has 0 atom stereocenters. The molecule has 0 fully saturated rings. The number of aromatic carboxylic acids is 1. The highest BCUT2D eigenvalue weighted by molar-refractivity contribution is 6.15. The highest BCUT2D eigenvalue weighted by Crippen LogP contribution is 2.27. The molecular weight excluding hydrogens is 218 g/mol. The second kappa shape index (κ2) is 3.73. The van der Waals surface area contributed by atoms with Gasteiger partial charge in [-0.25, -0.2) is 4.79 Å². The van der Waals surface area contributed by atoms with Gasteiger partial charge < -0.3 is 10.1 Å². The number of aryl methyl sites for hydroxylation is 2. The molecule has 2 N–H and O–H groups in total. The Morgan fingerprint density at radius 2 is 1.88 bits per heavy atom. The Morgan fingerprint density at radius 3 is 2.41 bits per heavy atom. The summed E-state index contributed by atoms with van der Waals surface area (Å²) in [6.07, 6.45) is 0. The Kier molecular flexibility index (Phi) is 2.50. The second-order valence-electron chi connectivity index (χ2n) is 4.24. The van der Waals surface area contributed by atoms with Gasteiger partial charge in [-0.3, -0.25) is 4.79 Å². The van der Waals surface area contributed by atoms with Crippen LogP contribution in [0.25, 0.3) is 10.9 Å². The van der Waals surface area contributed by atoms with Crippen LogP contribution in [-0.4, -0.2) is 21.8 Å². The van der Waals surface area contributed by atoms with E-state index in [1.165, 1.54) is 6.92 Å². The zero-order valence-corrected chi connectivity index (χ0v) is 9.92. The van der Waals surface area contributed by atoms with Crippen LogP contribution in [0.4, 0.5) is 0 Å². The number of hydrogen-bond acceptors (Lipinski definition) is 2. The molecule has 0 unspecified atom stereocenters. The highest BCUT2D eigenvalue weighted by atomic mass is 16.4. The number of benzene rings is 1. The number of nitrogens with one attached hydrogen (secondary N) is 1. The van der Waals surface area contributed by atoms with Gasteiger partial charge in [0.2, 0.25) is 0 Å². The third kappa shape index (κ3) is 1.71. The lowest BCUT2D eigenvalue weighted by atomic mass is 10.0. The zero-order chi connectivity index (χ0) is 12.7. The normalized spacial score (nSPS) is 10.8. The Bertz CT molecular complexity index is 638. The first kappa shape index (κ1) is 11.4. The van der Waals surface area contributed by atoms with Crippen LogP contribution in [0.1, 0.15) is 38.9 Å². The molecule has 0 aliphatic rings. The van der Waals surface area contributed by atoms with Crippen LogP contribution in [0.5, 0.6) is 0 Å². The minimum absolute atomic E-state index is 0.0267. The van der Waals surface area contributed by atoms with Gasteiger partial charge in [-0.15, -0.1) is 0 Å². The standard InChI is InChI=1S/C13H13NO3/c1-6-4-7(2)10-9(5-6)14-12(13(16)17)11(10)8(3)15/h4-5,14H,1-3H3,(H,16,17). The molecule has 0 radical (unpaired) electrons. The summed E-state index contributed by atoms with van der Waals surface area (Å²) in [5.41, 5.74) is 2.88. The molecule has 0 spiro atoms. The van der Waals surface area contributed by atoms with Crippen molar-refractivity contribution in [3.8, 4) is 0 Å². The first-order valence-electron chi connectivity index (χ1n) is 5.29. The number of rotatable bonds is 2. The molecule has 0 aliphatic heterocycles. The number of carboxylic acid groups (broad SMARTS) is 1. The second-order valence-corrected chi connectivity index (χ2v) is 4.24. The van der Waals surface area contributed by atoms with Gasteiger partial charge in [0.1, 0.15) is 5.69 Å². The average molecular weight is 231 g/mol. The van der Waals surface area contributed by atoms with Crippen molar-refractivity contribution in [3.63, 3.8) is 0 Å². The number of aromatic amines is 1. The van der Waals surface area contributed by atoms with E-state index in [0.29, 0.717) is 10.9 Å². The van der Waals surface area contributed by atoms with Crippen LogP contribution in [0, 0.1) is 13.8 Å². The Balaban J connectivity index is 2.95. The van der Waals surface area contributed by atoms with E-state index in [1.807, 2.05) is 26.0 Å². The van der Waals surface area contributed by atoms with Crippen LogP contribution < -0.4 is 0 Å². The topological polar surface area (TPSA) is 70.2 Å². The van der Waals surface area contributed by atoms with Crippen LogP contribution >= 0.6 is 0 Å². The maximum Gasteiger partial charge on any atom is 0.353 e. The molecule has 0 amide bonds. The molecule has 0 saturated carbocycles. The van der Waals surface area contributed by atoms with Crippen molar-refractivity contribution in [2.24, 2.45) is 0 Å². The van der Waals surface area contributed by atoms with Gasteiger partial charge >= 0.3 is 5.97 Å². The van der Waals surface area contributed by atoms with Gasteiger partial charge in [-0.1, -0.05) is 6.07 Å². The number of ketones is 1. The first-order chi connectivity index (χ1) is 7.91. The van der Waals surface area contributed by atoms with Gasteiger partial charge in [-0.2, -0.15) is 0 Å². The summed E-state index contributed by atoms with van der Waals surface area (Å²) in [5.74, 6) is -1.34. The number of H-pyrrole nitrogens is 1. The molecule has 0 saturated heterocycles. The third-order valence-electron chi connectivity index (χ3n) is 2.81. The summed E-state index contributed by atoms with van der Waals surface area (Å²) in [4.78, 5) is 25.5. The number of carboxylic acids is 1. The lowest BCUT2D eigenvalue weighted by Crippen LogP contribution is -2.04. The molecule has 4 heteroatoms. The van der Waals surface area contributed by atoms with E-state index < -0.39 is 5.97 Å². The minimum atomic E-state index is -1.11. The molecule has 2 aromatic rings. The molecule has 4 nitrogen and oxygen atoms in total. The molecule has 1 aromatic carbocycles. The molecule has 88 valence electrons. The summed E-state index contributed by atoms with van der Waals surface area (Å²) < 4.78 is 0. The molecule has 17 heavy (non-hydrogen) atoms. The molecule has 0 aliphatic carbocycles. The number of carbonyl (C=O) groups is 2. The Hall–Kier alpha value is -2.10. The van der Waals surface area contributed by atoms with Gasteiger partial charge in [-0.05, 0) is 38.0 Å². The van der Waals surface area contributed by atoms with Crippen molar-refractivity contribution in [2.75, 3.05) is 0 Å². The lowest BCUT2D eigenvalue weighted by Gasteiger charge is -2.01. The SMILES string of the molecule is CC(=O)c1c(C(=O)O)[nH]c2cc(C)cc(C)c12. The van der Waals surface area contributed by atoms with Crippen molar-refractivity contribution in [1.82, 2.24) is 4.98 Å². The van der Waals surface area contributed by atoms with Crippen molar-refractivity contribution < 1.29 is 14.7 Å². The molecule has 0 bridgehead atoms. The maximum absolute atomic E-state index is 11.6. The van der Waals surface area contributed by atoms with E-state index in [4.69, 9.17) is 5.11 Å². The largest absolute Gasteiger partial charge is 0.477 e. The third-order valence-corrected chi connectivity index (χ3v) is 2.81. The van der Waals surface area contributed by atoms with E-state index in [2.05, 4.69) is 4.98 Å². The molecular formula is C13H13NO3. The van der Waals surface area contributed by atoms with E-state index >= 15 is 0 Å². The van der Waals surface area contributed by atoms with Crippen LogP contribution in [-0.2, 0) is 0 Å². The van der Waals surface area contributed by atoms with Crippen LogP contribution in [0.2, 0.25) is 0 Å². The van der Waals surface area contributed by atoms with Gasteiger partial charge in [0.05, 0.1) is 5.56 Å². The number of carbonyl (C=O) groups excluding carboxylic acids is 1. The fraction of sp³-hybridized carbons (Fsp3) is 0.231. The number of fused-ring (bicyclic) bond motifs is 1. The summed E-state index contributed by atoms with van der Waals surface area (Å²) >= 11 is 0. The number of hydrogen-bond donors (Lipinski definition) is 2. The minimum Gasteiger partial charge on any atom is -0.477 e. The van der Waals surface area contributed by atoms with Crippen molar-refractivity contribution in [1.29, 1.82) is 0 Å². The predicted molar refractivity (Wildman–Crippen MR) is 64.7 cm³/mol. The zero-order valence-electron chi connectivity index (χ0n) is 9.92. The quantitative estimate of drug-likeness (QED) is 0.780. The van der Waals surface area contributed by atoms with Crippen molar-refractivity contribution in [2.45, 2.75) is 20.8 Å². The highest BCUT2D eigenvalue weighted by Gasteiger charge is 2.21. The van der Waals surface area contributed by atoms with Crippen LogP contribution in [0.15, 0.2) is 12.1 Å². The molecule has 1 heterocycles. The van der Waals surface area contributed by atoms with Crippen molar-refractivity contribution >= 4 is 22.7 Å². The van der Waals surface area contributed by atoms with Gasteiger partial charge in [0.15, 0.2) is 5.78 Å². The monoisotopic (exact) mass is 231 g/mol. The van der Waals surface area contributed by atoms with Gasteiger partial charge in [0.25, 0.3) is 0 Å². The van der Waals surface area contributed by atoms with E-state index in [9.17, 15) is 9.59 Å².